The van der Waals surface area contributed by atoms with Gasteiger partial charge in [0.05, 0.1) is 5.52 Å². The van der Waals surface area contributed by atoms with Gasteiger partial charge in [0, 0.05) is 31.8 Å². The molecule has 2 aromatic heterocycles. The number of nitrogens with zero attached hydrogens (tertiary/aromatic N) is 3. The molecule has 5 nitrogen and oxygen atoms in total. The van der Waals surface area contributed by atoms with E-state index in [2.05, 4.69) is 29.7 Å². The number of fused-ring (bicyclic) bond motifs is 1. The maximum Gasteiger partial charge on any atom is 0.170 e. The lowest BCUT2D eigenvalue weighted by Crippen LogP contribution is -2.22. The molecule has 2 heterocycles. The number of aldehydes is 1. The Hall–Kier alpha value is -2.02. The number of ether oxygens (including phenoxy) is 1. The van der Waals surface area contributed by atoms with Crippen LogP contribution >= 0.6 is 11.6 Å². The van der Waals surface area contributed by atoms with Crippen molar-refractivity contribution in [3.8, 4) is 11.1 Å². The third kappa shape index (κ3) is 4.20. The zero-order valence-electron chi connectivity index (χ0n) is 15.2. The molecule has 7 heteroatoms. The lowest BCUT2D eigenvalue weighted by atomic mass is 10.0. The Morgan fingerprint density at radius 3 is 2.77 bits per heavy atom. The molecule has 136 valence electrons. The van der Waals surface area contributed by atoms with Crippen LogP contribution in [0.3, 0.4) is 0 Å². The van der Waals surface area contributed by atoms with Gasteiger partial charge >= 0.3 is 0 Å². The van der Waals surface area contributed by atoms with Crippen molar-refractivity contribution in [2.75, 3.05) is 6.61 Å². The largest absolute Gasteiger partial charge is 0.360 e. The molecule has 3 aromatic rings. The number of carbonyl (C=O) groups excluding carboxylic acids is 1. The van der Waals surface area contributed by atoms with Crippen LogP contribution in [0.25, 0.3) is 22.0 Å². The average Bonchev–Trinajstić information content (AvgIpc) is 2.95. The van der Waals surface area contributed by atoms with Crippen molar-refractivity contribution < 1.29 is 9.53 Å². The maximum atomic E-state index is 11.5. The lowest BCUT2D eigenvalue weighted by molar-refractivity contribution is 0.0812. The third-order valence-electron chi connectivity index (χ3n) is 4.17. The molecule has 0 aliphatic carbocycles. The Kier molecular flexibility index (Phi) is 5.55. The summed E-state index contributed by atoms with van der Waals surface area (Å²) < 4.78 is 7.52. The highest BCUT2D eigenvalue weighted by molar-refractivity contribution is 6.76. The molecule has 0 amide bonds. The summed E-state index contributed by atoms with van der Waals surface area (Å²) in [6.45, 7) is 7.98. The fraction of sp³-hybridized carbons (Fsp3) is 0.316. The number of benzene rings is 1. The first-order valence-corrected chi connectivity index (χ1v) is 12.6. The number of carbonyl (C=O) groups is 1. The third-order valence-corrected chi connectivity index (χ3v) is 6.18. The van der Waals surface area contributed by atoms with E-state index in [9.17, 15) is 4.79 Å². The van der Waals surface area contributed by atoms with E-state index < -0.39 is 8.07 Å². The second kappa shape index (κ2) is 7.69. The second-order valence-electron chi connectivity index (χ2n) is 7.42. The van der Waals surface area contributed by atoms with E-state index in [4.69, 9.17) is 16.3 Å². The zero-order chi connectivity index (χ0) is 18.7. The van der Waals surface area contributed by atoms with Crippen LogP contribution in [0.5, 0.6) is 0 Å². The number of pyridine rings is 1. The Labute approximate surface area is 159 Å². The minimum absolute atomic E-state index is 0.335. The predicted molar refractivity (Wildman–Crippen MR) is 107 cm³/mol. The van der Waals surface area contributed by atoms with Crippen LogP contribution in [0.4, 0.5) is 0 Å². The first-order valence-electron chi connectivity index (χ1n) is 8.53. The van der Waals surface area contributed by atoms with E-state index in [0.29, 0.717) is 24.2 Å². The molecule has 0 aliphatic heterocycles. The van der Waals surface area contributed by atoms with Crippen LogP contribution in [0.2, 0.25) is 30.8 Å². The molecule has 0 aliphatic rings. The number of aromatic nitrogens is 3. The van der Waals surface area contributed by atoms with E-state index in [1.165, 1.54) is 0 Å². The van der Waals surface area contributed by atoms with Crippen molar-refractivity contribution in [1.82, 2.24) is 14.8 Å². The van der Waals surface area contributed by atoms with Gasteiger partial charge in [-0.3, -0.25) is 4.79 Å². The fourth-order valence-electron chi connectivity index (χ4n) is 2.69. The van der Waals surface area contributed by atoms with Crippen LogP contribution in [0, 0.1) is 0 Å². The van der Waals surface area contributed by atoms with Crippen molar-refractivity contribution in [2.45, 2.75) is 32.4 Å². The molecule has 0 bridgehead atoms. The summed E-state index contributed by atoms with van der Waals surface area (Å²) in [7, 11) is -1.13. The molecule has 0 N–H and O–H groups in total. The van der Waals surface area contributed by atoms with Gasteiger partial charge in [-0.15, -0.1) is 0 Å². The molecular weight excluding hydrogens is 366 g/mol. The highest BCUT2D eigenvalue weighted by Gasteiger charge is 2.14. The van der Waals surface area contributed by atoms with Gasteiger partial charge in [0.25, 0.3) is 0 Å². The van der Waals surface area contributed by atoms with Crippen molar-refractivity contribution in [1.29, 1.82) is 0 Å². The zero-order valence-corrected chi connectivity index (χ0v) is 17.0. The molecule has 0 saturated heterocycles. The monoisotopic (exact) mass is 387 g/mol. The van der Waals surface area contributed by atoms with Crippen molar-refractivity contribution in [3.63, 3.8) is 0 Å². The van der Waals surface area contributed by atoms with Gasteiger partial charge in [-0.05, 0) is 35.9 Å². The summed E-state index contributed by atoms with van der Waals surface area (Å²) >= 11 is 6.19. The minimum Gasteiger partial charge on any atom is -0.360 e. The average molecular weight is 388 g/mol. The molecule has 0 saturated carbocycles. The second-order valence-corrected chi connectivity index (χ2v) is 13.4. The summed E-state index contributed by atoms with van der Waals surface area (Å²) in [6, 6.07) is 10.7. The molecule has 0 fully saturated rings. The molecule has 1 aromatic carbocycles. The first kappa shape index (κ1) is 18.8. The van der Waals surface area contributed by atoms with Crippen LogP contribution in [0.1, 0.15) is 10.5 Å². The molecule has 0 atom stereocenters. The van der Waals surface area contributed by atoms with Gasteiger partial charge in [0.2, 0.25) is 0 Å². The lowest BCUT2D eigenvalue weighted by Gasteiger charge is -2.15. The van der Waals surface area contributed by atoms with Crippen molar-refractivity contribution in [3.05, 3.63) is 47.4 Å². The Bertz CT molecular complexity index is 934. The number of rotatable bonds is 7. The molecular formula is C19H22ClN3O2Si. The Morgan fingerprint density at radius 2 is 2.08 bits per heavy atom. The molecule has 0 spiro atoms. The normalized spacial score (nSPS) is 11.8. The molecule has 0 unspecified atom stereocenters. The van der Waals surface area contributed by atoms with Crippen LogP contribution in [0.15, 0.2) is 36.5 Å². The number of halogens is 1. The van der Waals surface area contributed by atoms with Gasteiger partial charge in [0.1, 0.15) is 17.6 Å². The van der Waals surface area contributed by atoms with Gasteiger partial charge in [0.15, 0.2) is 6.29 Å². The van der Waals surface area contributed by atoms with E-state index in [1.807, 2.05) is 30.3 Å². The topological polar surface area (TPSA) is 57.0 Å². The van der Waals surface area contributed by atoms with Crippen LogP contribution in [-0.2, 0) is 11.5 Å². The summed E-state index contributed by atoms with van der Waals surface area (Å²) in [5.41, 5.74) is 2.99. The van der Waals surface area contributed by atoms with Crippen LogP contribution in [-0.4, -0.2) is 35.7 Å². The summed E-state index contributed by atoms with van der Waals surface area (Å²) in [6.07, 6.45) is 2.42. The SMILES string of the molecule is C[Si](C)(C)CCOCn1nc(C=O)c2cc(-c3cccnc3Cl)ccc21. The van der Waals surface area contributed by atoms with Gasteiger partial charge in [-0.25, -0.2) is 9.67 Å². The van der Waals surface area contributed by atoms with E-state index in [-0.39, 0.29) is 0 Å². The van der Waals surface area contributed by atoms with Gasteiger partial charge in [-0.2, -0.15) is 5.10 Å². The van der Waals surface area contributed by atoms with Gasteiger partial charge in [-0.1, -0.05) is 37.3 Å². The summed E-state index contributed by atoms with van der Waals surface area (Å²) in [5, 5.41) is 5.60. The summed E-state index contributed by atoms with van der Waals surface area (Å²) in [5.74, 6) is 0. The fourth-order valence-corrected chi connectivity index (χ4v) is 3.67. The van der Waals surface area contributed by atoms with Crippen molar-refractivity contribution in [2.24, 2.45) is 0 Å². The minimum atomic E-state index is -1.13. The van der Waals surface area contributed by atoms with Crippen molar-refractivity contribution >= 4 is 36.9 Å². The molecule has 0 radical (unpaired) electrons. The van der Waals surface area contributed by atoms with E-state index in [1.54, 1.807) is 10.9 Å². The van der Waals surface area contributed by atoms with E-state index >= 15 is 0 Å². The predicted octanol–water partition coefficient (Wildman–Crippen LogP) is 4.88. The van der Waals surface area contributed by atoms with Crippen LogP contribution < -0.4 is 0 Å². The number of hydrogen-bond acceptors (Lipinski definition) is 4. The van der Waals surface area contributed by atoms with Gasteiger partial charge < -0.3 is 4.74 Å². The highest BCUT2D eigenvalue weighted by atomic mass is 35.5. The molecule has 3 rings (SSSR count). The Morgan fingerprint density at radius 1 is 1.27 bits per heavy atom. The maximum absolute atomic E-state index is 11.5. The van der Waals surface area contributed by atoms with E-state index in [0.717, 1.165) is 34.4 Å². The summed E-state index contributed by atoms with van der Waals surface area (Å²) in [4.78, 5) is 15.6. The standard InChI is InChI=1S/C19H22ClN3O2Si/c1-26(2,3)10-9-25-13-23-18-7-6-14(11-16(18)17(12-24)22-23)15-5-4-8-21-19(15)20/h4-8,11-12H,9-10,13H2,1-3H3. The Balaban J connectivity index is 1.88. The smallest absolute Gasteiger partial charge is 0.170 e. The number of hydrogen-bond donors (Lipinski definition) is 0. The first-order chi connectivity index (χ1) is 12.4. The molecule has 26 heavy (non-hydrogen) atoms. The quantitative estimate of drug-likeness (QED) is 0.251. The highest BCUT2D eigenvalue weighted by Crippen LogP contribution is 2.29.